The third kappa shape index (κ3) is 4.68. The molecule has 0 saturated carbocycles. The molecule has 1 atom stereocenters. The van der Waals surface area contributed by atoms with Crippen LogP contribution in [0.2, 0.25) is 0 Å². The molecule has 1 unspecified atom stereocenters. The van der Waals surface area contributed by atoms with Crippen molar-refractivity contribution in [3.63, 3.8) is 0 Å². The molecule has 0 aromatic heterocycles. The first-order valence-corrected chi connectivity index (χ1v) is 12.9. The average molecular weight is 498 g/mol. The molecule has 0 spiro atoms. The second kappa shape index (κ2) is 8.82. The Morgan fingerprint density at radius 1 is 0.643 bits per heavy atom. The summed E-state index contributed by atoms with van der Waals surface area (Å²) < 4.78 is 12.2. The van der Waals surface area contributed by atoms with E-state index in [4.69, 9.17) is 4.74 Å². The molecule has 1 nitrogen and oxygen atoms in total. The number of hydrogen-bond acceptors (Lipinski definition) is 1. The summed E-state index contributed by atoms with van der Waals surface area (Å²) >= 11 is 0.594. The van der Waals surface area contributed by atoms with E-state index >= 15 is 0 Å². The van der Waals surface area contributed by atoms with Crippen LogP contribution < -0.4 is 8.92 Å². The van der Waals surface area contributed by atoms with Gasteiger partial charge in [0.15, 0.2) is 0 Å². The van der Waals surface area contributed by atoms with Gasteiger partial charge in [0.2, 0.25) is 0 Å². The Bertz CT molecular complexity index is 971. The van der Waals surface area contributed by atoms with Crippen molar-refractivity contribution in [3.05, 3.63) is 104 Å². The molecule has 1 aliphatic rings. The van der Waals surface area contributed by atoms with Gasteiger partial charge in [-0.25, -0.2) is 0 Å². The molecule has 3 aromatic carbocycles. The van der Waals surface area contributed by atoms with E-state index in [0.29, 0.717) is 15.0 Å². The average Bonchev–Trinajstić information content (AvgIpc) is 3.08. The molecule has 3 aromatic rings. The van der Waals surface area contributed by atoms with Crippen LogP contribution >= 0.6 is 0 Å². The summed E-state index contributed by atoms with van der Waals surface area (Å²) in [7, 11) is 0. The van der Waals surface area contributed by atoms with Crippen molar-refractivity contribution < 1.29 is 4.74 Å². The molecule has 3 heteroatoms. The van der Waals surface area contributed by atoms with Crippen LogP contribution in [-0.2, 0) is 4.74 Å². The number of aryl methyl sites for hydroxylation is 3. The number of rotatable bonds is 5. The maximum absolute atomic E-state index is 6.35. The fraction of sp³-hybridized carbons (Fsp3) is 0.200. The summed E-state index contributed by atoms with van der Waals surface area (Å²) in [5.41, 5.74) is 5.21. The first kappa shape index (κ1) is 19.7. The molecular weight excluding hydrogens is 474 g/mol. The third-order valence-corrected chi connectivity index (χ3v) is 10.2. The zero-order chi connectivity index (χ0) is 19.5. The number of ether oxygens (including phenoxy) is 1. The van der Waals surface area contributed by atoms with Crippen molar-refractivity contribution in [1.29, 1.82) is 0 Å². The molecule has 0 saturated heterocycles. The Morgan fingerprint density at radius 2 is 1.11 bits per heavy atom. The van der Waals surface area contributed by atoms with Crippen molar-refractivity contribution in [2.24, 2.45) is 0 Å². The van der Waals surface area contributed by atoms with Gasteiger partial charge >= 0.3 is 181 Å². The summed E-state index contributed by atoms with van der Waals surface area (Å²) in [5, 5.41) is 0. The monoisotopic (exact) mass is 500 g/mol. The van der Waals surface area contributed by atoms with Crippen LogP contribution in [0, 0.1) is 20.8 Å². The molecule has 0 N–H and O–H groups in total. The molecule has 0 aliphatic carbocycles. The molecule has 142 valence electrons. The minimum atomic E-state index is 0.101. The van der Waals surface area contributed by atoms with E-state index in [1.807, 2.05) is 0 Å². The van der Waals surface area contributed by atoms with Crippen LogP contribution in [0.5, 0.6) is 0 Å². The quantitative estimate of drug-likeness (QED) is 0.485. The Balaban J connectivity index is 1.68. The molecule has 0 radical (unpaired) electrons. The van der Waals surface area contributed by atoms with Crippen molar-refractivity contribution in [2.45, 2.75) is 26.9 Å². The normalized spacial score (nSPS) is 16.6. The Hall–Kier alpha value is -1.60. The zero-order valence-electron chi connectivity index (χ0n) is 16.4. The van der Waals surface area contributed by atoms with Crippen LogP contribution in [0.3, 0.4) is 0 Å². The van der Waals surface area contributed by atoms with Crippen molar-refractivity contribution in [3.8, 4) is 0 Å². The Morgan fingerprint density at radius 3 is 1.64 bits per heavy atom. The number of benzene rings is 3. The molecule has 0 fully saturated rings. The second-order valence-corrected chi connectivity index (χ2v) is 12.0. The van der Waals surface area contributed by atoms with Gasteiger partial charge in [-0.3, -0.25) is 0 Å². The Labute approximate surface area is 180 Å². The van der Waals surface area contributed by atoms with Crippen molar-refractivity contribution >= 4 is 38.8 Å². The summed E-state index contributed by atoms with van der Waals surface area (Å²) in [5.74, 6) is 0. The molecule has 28 heavy (non-hydrogen) atoms. The van der Waals surface area contributed by atoms with E-state index in [2.05, 4.69) is 93.6 Å². The van der Waals surface area contributed by atoms with Crippen molar-refractivity contribution in [1.82, 2.24) is 0 Å². The van der Waals surface area contributed by atoms with E-state index in [0.717, 1.165) is 6.61 Å². The molecule has 0 amide bonds. The van der Waals surface area contributed by atoms with Gasteiger partial charge in [-0.05, 0) is 0 Å². The molecule has 1 aliphatic heterocycles. The van der Waals surface area contributed by atoms with Gasteiger partial charge in [0.1, 0.15) is 0 Å². The van der Waals surface area contributed by atoms with E-state index in [9.17, 15) is 0 Å². The minimum absolute atomic E-state index is 0.101. The van der Waals surface area contributed by atoms with Crippen molar-refractivity contribution in [2.75, 3.05) is 6.61 Å². The van der Waals surface area contributed by atoms with E-state index in [-0.39, 0.29) is 21.1 Å². The molecule has 1 heterocycles. The van der Waals surface area contributed by atoms with Gasteiger partial charge in [0.25, 0.3) is 0 Å². The van der Waals surface area contributed by atoms with Gasteiger partial charge < -0.3 is 0 Å². The topological polar surface area (TPSA) is 9.23 Å². The van der Waals surface area contributed by atoms with E-state index in [1.165, 1.54) is 40.1 Å². The predicted molar refractivity (Wildman–Crippen MR) is 120 cm³/mol. The maximum atomic E-state index is 6.35. The second-order valence-electron chi connectivity index (χ2n) is 7.22. The number of hydrogen-bond donors (Lipinski definition) is 0. The van der Waals surface area contributed by atoms with E-state index < -0.39 is 0 Å². The summed E-state index contributed by atoms with van der Waals surface area (Å²) in [6.07, 6.45) is 0.101. The predicted octanol–water partition coefficient (Wildman–Crippen LogP) is 3.95. The first-order valence-electron chi connectivity index (χ1n) is 9.49. The standard InChI is InChI=1S/C25H24OSe2/c1-17-4-10-20(11-5-17)24-25(28-22-14-8-19(3)9-15-22)23(16-26-24)27-21-12-6-18(2)7-13-21/h4-15,24H,16H2,1-3H3. The molecular formula is C25H24OSe2. The van der Waals surface area contributed by atoms with Crippen LogP contribution in [0.4, 0.5) is 0 Å². The fourth-order valence-corrected chi connectivity index (χ4v) is 8.01. The van der Waals surface area contributed by atoms with Gasteiger partial charge in [-0.15, -0.1) is 0 Å². The van der Waals surface area contributed by atoms with Gasteiger partial charge in [0.05, 0.1) is 0 Å². The van der Waals surface area contributed by atoms with Gasteiger partial charge in [0, 0.05) is 0 Å². The molecule has 4 rings (SSSR count). The van der Waals surface area contributed by atoms with E-state index in [1.54, 1.807) is 0 Å². The van der Waals surface area contributed by atoms with Gasteiger partial charge in [-0.2, -0.15) is 0 Å². The Kier molecular flexibility index (Phi) is 6.21. The zero-order valence-corrected chi connectivity index (χ0v) is 19.9. The third-order valence-electron chi connectivity index (χ3n) is 4.78. The molecule has 0 bridgehead atoms. The van der Waals surface area contributed by atoms with Crippen LogP contribution in [0.15, 0.2) is 81.7 Å². The van der Waals surface area contributed by atoms with Crippen LogP contribution in [0.1, 0.15) is 28.4 Å². The SMILES string of the molecule is Cc1ccc([Se]C2=C([Se]c3ccc(C)cc3)C(c3ccc(C)cc3)OC2)cc1. The summed E-state index contributed by atoms with van der Waals surface area (Å²) in [4.78, 5) is 0. The first-order chi connectivity index (χ1) is 13.6. The van der Waals surface area contributed by atoms with Crippen LogP contribution in [0.25, 0.3) is 0 Å². The summed E-state index contributed by atoms with van der Waals surface area (Å²) in [6, 6.07) is 26.8. The van der Waals surface area contributed by atoms with Gasteiger partial charge in [-0.1, -0.05) is 0 Å². The fourth-order valence-electron chi connectivity index (χ4n) is 3.11. The van der Waals surface area contributed by atoms with Crippen LogP contribution in [-0.4, -0.2) is 36.5 Å². The summed E-state index contributed by atoms with van der Waals surface area (Å²) in [6.45, 7) is 7.19.